The molecule has 0 aliphatic heterocycles. The highest BCUT2D eigenvalue weighted by atomic mass is 16.3. The van der Waals surface area contributed by atoms with Gasteiger partial charge in [-0.1, -0.05) is 69.7 Å². The average Bonchev–Trinajstić information content (AvgIpc) is 3.04. The summed E-state index contributed by atoms with van der Waals surface area (Å²) in [6.45, 7) is 15.2. The van der Waals surface area contributed by atoms with Crippen molar-refractivity contribution in [2.75, 3.05) is 0 Å². The predicted molar refractivity (Wildman–Crippen MR) is 127 cm³/mol. The van der Waals surface area contributed by atoms with Gasteiger partial charge in [0, 0.05) is 0 Å². The number of rotatable bonds is 5. The molecule has 0 bridgehead atoms. The lowest BCUT2D eigenvalue weighted by Gasteiger charge is -2.44. The first-order valence-corrected chi connectivity index (χ1v) is 12.2. The molecule has 168 valence electrons. The van der Waals surface area contributed by atoms with Crippen LogP contribution in [0.25, 0.3) is 0 Å². The Morgan fingerprint density at radius 1 is 1.13 bits per heavy atom. The molecule has 0 unspecified atom stereocenters. The van der Waals surface area contributed by atoms with Crippen molar-refractivity contribution in [3.05, 3.63) is 47.6 Å². The van der Waals surface area contributed by atoms with Crippen molar-refractivity contribution in [2.45, 2.75) is 97.7 Å². The fourth-order valence-electron chi connectivity index (χ4n) is 6.21. The Morgan fingerprint density at radius 3 is 2.57 bits per heavy atom. The van der Waals surface area contributed by atoms with Gasteiger partial charge in [0.2, 0.25) is 0 Å². The fraction of sp³-hybridized carbons (Fsp3) is 0.714. The molecule has 0 amide bonds. The summed E-state index contributed by atoms with van der Waals surface area (Å²) >= 11 is 0. The average molecular weight is 413 g/mol. The highest BCUT2D eigenvalue weighted by Crippen LogP contribution is 2.59. The standard InChI is InChI=1S/C28H44O2/c1-19(2)28(6,30)17-15-21(4)25-13-14-26-22(8-7-16-27(25,26)5)10-11-23-18-24(29)12-9-20(23)3/h10-11,15,17,19,21,24-26,29-30H,3,7-9,12-14,16,18H2,1-2,4-6H3/b17-15+,22-10+,23-11+/t21-,24+,25-,26+,27-,28-/m1/s1. The molecule has 0 saturated heterocycles. The molecule has 6 atom stereocenters. The van der Waals surface area contributed by atoms with Crippen LogP contribution in [0, 0.1) is 29.1 Å². The van der Waals surface area contributed by atoms with Gasteiger partial charge in [-0.25, -0.2) is 0 Å². The highest BCUT2D eigenvalue weighted by molar-refractivity contribution is 5.36. The van der Waals surface area contributed by atoms with Crippen molar-refractivity contribution in [2.24, 2.45) is 29.1 Å². The molecule has 0 spiro atoms. The Hall–Kier alpha value is -1.12. The summed E-state index contributed by atoms with van der Waals surface area (Å²) in [5.74, 6) is 2.04. The number of hydrogen-bond donors (Lipinski definition) is 2. The van der Waals surface area contributed by atoms with E-state index in [2.05, 4.69) is 52.5 Å². The van der Waals surface area contributed by atoms with Crippen LogP contribution in [-0.4, -0.2) is 21.9 Å². The molecular weight excluding hydrogens is 368 g/mol. The van der Waals surface area contributed by atoms with E-state index >= 15 is 0 Å². The quantitative estimate of drug-likeness (QED) is 0.490. The molecule has 0 aromatic carbocycles. The fourth-order valence-corrected chi connectivity index (χ4v) is 6.21. The van der Waals surface area contributed by atoms with Crippen molar-refractivity contribution in [1.29, 1.82) is 0 Å². The van der Waals surface area contributed by atoms with E-state index in [1.165, 1.54) is 43.3 Å². The van der Waals surface area contributed by atoms with E-state index in [1.807, 2.05) is 13.0 Å². The third-order valence-corrected chi connectivity index (χ3v) is 8.77. The maximum atomic E-state index is 10.6. The summed E-state index contributed by atoms with van der Waals surface area (Å²) in [7, 11) is 0. The molecule has 2 heteroatoms. The molecule has 0 heterocycles. The number of allylic oxidation sites excluding steroid dienone is 5. The highest BCUT2D eigenvalue weighted by Gasteiger charge is 2.50. The minimum atomic E-state index is -0.732. The second kappa shape index (κ2) is 9.17. The summed E-state index contributed by atoms with van der Waals surface area (Å²) in [6.07, 6.45) is 17.6. The van der Waals surface area contributed by atoms with Crippen LogP contribution in [0.4, 0.5) is 0 Å². The van der Waals surface area contributed by atoms with Crippen LogP contribution in [0.15, 0.2) is 47.6 Å². The summed E-state index contributed by atoms with van der Waals surface area (Å²) in [5.41, 5.74) is 3.67. The second-order valence-electron chi connectivity index (χ2n) is 11.1. The summed E-state index contributed by atoms with van der Waals surface area (Å²) in [5, 5.41) is 20.7. The molecule has 30 heavy (non-hydrogen) atoms. The van der Waals surface area contributed by atoms with Crippen LogP contribution in [0.1, 0.15) is 86.0 Å². The lowest BCUT2D eigenvalue weighted by Crippen LogP contribution is -2.36. The minimum Gasteiger partial charge on any atom is -0.393 e. The molecule has 0 radical (unpaired) electrons. The molecule has 2 nitrogen and oxygen atoms in total. The zero-order valence-corrected chi connectivity index (χ0v) is 20.0. The summed E-state index contributed by atoms with van der Waals surface area (Å²) in [6, 6.07) is 0. The van der Waals surface area contributed by atoms with Crippen LogP contribution >= 0.6 is 0 Å². The molecule has 3 saturated carbocycles. The van der Waals surface area contributed by atoms with Gasteiger partial charge in [-0.3, -0.25) is 0 Å². The van der Waals surface area contributed by atoms with Crippen molar-refractivity contribution in [1.82, 2.24) is 0 Å². The van der Waals surface area contributed by atoms with Gasteiger partial charge < -0.3 is 10.2 Å². The molecule has 3 fully saturated rings. The summed E-state index contributed by atoms with van der Waals surface area (Å²) in [4.78, 5) is 0. The third kappa shape index (κ3) is 4.86. The smallest absolute Gasteiger partial charge is 0.0822 e. The maximum Gasteiger partial charge on any atom is 0.0822 e. The monoisotopic (exact) mass is 412 g/mol. The lowest BCUT2D eigenvalue weighted by atomic mass is 9.61. The normalized spacial score (nSPS) is 38.4. The van der Waals surface area contributed by atoms with Crippen molar-refractivity contribution in [3.8, 4) is 0 Å². The summed E-state index contributed by atoms with van der Waals surface area (Å²) < 4.78 is 0. The van der Waals surface area contributed by atoms with Gasteiger partial charge in [-0.15, -0.1) is 0 Å². The number of fused-ring (bicyclic) bond motifs is 1. The van der Waals surface area contributed by atoms with Gasteiger partial charge in [0.05, 0.1) is 11.7 Å². The second-order valence-corrected chi connectivity index (χ2v) is 11.1. The third-order valence-electron chi connectivity index (χ3n) is 8.77. The molecular formula is C28H44O2. The Balaban J connectivity index is 1.76. The zero-order chi connectivity index (χ0) is 22.1. The van der Waals surface area contributed by atoms with Crippen LogP contribution in [0.2, 0.25) is 0 Å². The number of aliphatic hydroxyl groups is 2. The van der Waals surface area contributed by atoms with Gasteiger partial charge in [-0.2, -0.15) is 0 Å². The Labute approximate surface area is 184 Å². The first-order chi connectivity index (χ1) is 14.0. The van der Waals surface area contributed by atoms with E-state index < -0.39 is 5.60 Å². The Morgan fingerprint density at radius 2 is 1.87 bits per heavy atom. The van der Waals surface area contributed by atoms with E-state index in [-0.39, 0.29) is 12.0 Å². The molecule has 2 N–H and O–H groups in total. The van der Waals surface area contributed by atoms with E-state index in [0.29, 0.717) is 23.2 Å². The van der Waals surface area contributed by atoms with Gasteiger partial charge in [-0.05, 0) is 93.0 Å². The van der Waals surface area contributed by atoms with Crippen molar-refractivity contribution in [3.63, 3.8) is 0 Å². The maximum absolute atomic E-state index is 10.6. The number of aliphatic hydroxyl groups excluding tert-OH is 1. The van der Waals surface area contributed by atoms with Gasteiger partial charge in [0.1, 0.15) is 0 Å². The van der Waals surface area contributed by atoms with Crippen LogP contribution < -0.4 is 0 Å². The van der Waals surface area contributed by atoms with E-state index in [4.69, 9.17) is 0 Å². The topological polar surface area (TPSA) is 40.5 Å². The van der Waals surface area contributed by atoms with Gasteiger partial charge in [0.25, 0.3) is 0 Å². The van der Waals surface area contributed by atoms with Gasteiger partial charge >= 0.3 is 0 Å². The first kappa shape index (κ1) is 23.5. The SMILES string of the molecule is C=C1CC[C@H](O)C/C1=C\C=C1/CCC[C@]2(C)[C@@H]([C@H](C)/C=C/[C@@](C)(O)C(C)C)CC[C@@H]12. The Bertz CT molecular complexity index is 723. The number of hydrogen-bond acceptors (Lipinski definition) is 2. The molecule has 3 aliphatic rings. The van der Waals surface area contributed by atoms with Crippen LogP contribution in [0.3, 0.4) is 0 Å². The lowest BCUT2D eigenvalue weighted by molar-refractivity contribution is 0.0607. The van der Waals surface area contributed by atoms with Crippen LogP contribution in [0.5, 0.6) is 0 Å². The largest absolute Gasteiger partial charge is 0.393 e. The Kier molecular flexibility index (Phi) is 7.19. The van der Waals surface area contributed by atoms with Crippen molar-refractivity contribution < 1.29 is 10.2 Å². The predicted octanol–water partition coefficient (Wildman–Crippen LogP) is 6.76. The molecule has 0 aromatic heterocycles. The first-order valence-electron chi connectivity index (χ1n) is 12.2. The minimum absolute atomic E-state index is 0.205. The molecule has 3 rings (SSSR count). The van der Waals surface area contributed by atoms with Crippen molar-refractivity contribution >= 4 is 0 Å². The molecule has 3 aliphatic carbocycles. The van der Waals surface area contributed by atoms with Gasteiger partial charge in [0.15, 0.2) is 0 Å². The van der Waals surface area contributed by atoms with E-state index in [0.717, 1.165) is 19.3 Å². The van der Waals surface area contributed by atoms with E-state index in [1.54, 1.807) is 5.57 Å². The van der Waals surface area contributed by atoms with E-state index in [9.17, 15) is 10.2 Å². The zero-order valence-electron chi connectivity index (χ0n) is 20.0. The molecule has 0 aromatic rings. The van der Waals surface area contributed by atoms with Crippen LogP contribution in [-0.2, 0) is 0 Å².